The van der Waals surface area contributed by atoms with Gasteiger partial charge in [-0.25, -0.2) is 0 Å². The standard InChI is InChI=1S/C11H22N2O3/c1-13-6-4-10(11(13)14)12-5-3-7-16-9-8-15-2/h10,12H,3-9H2,1-2H3. The molecule has 1 unspecified atom stereocenters. The molecule has 1 atom stereocenters. The van der Waals surface area contributed by atoms with Crippen LogP contribution in [0.1, 0.15) is 12.8 Å². The van der Waals surface area contributed by atoms with Gasteiger partial charge in [0.1, 0.15) is 0 Å². The van der Waals surface area contributed by atoms with Crippen molar-refractivity contribution in [2.45, 2.75) is 18.9 Å². The number of likely N-dealkylation sites (tertiary alicyclic amines) is 1. The Labute approximate surface area is 97.1 Å². The van der Waals surface area contributed by atoms with Crippen molar-refractivity contribution in [3.05, 3.63) is 0 Å². The fourth-order valence-corrected chi connectivity index (χ4v) is 1.71. The summed E-state index contributed by atoms with van der Waals surface area (Å²) in [6.07, 6.45) is 1.84. The summed E-state index contributed by atoms with van der Waals surface area (Å²) in [6, 6.07) is 0.0176. The fraction of sp³-hybridized carbons (Fsp3) is 0.909. The van der Waals surface area contributed by atoms with Crippen molar-refractivity contribution in [3.8, 4) is 0 Å². The second-order valence-electron chi connectivity index (χ2n) is 4.01. The maximum atomic E-state index is 11.5. The molecule has 0 radical (unpaired) electrons. The second-order valence-corrected chi connectivity index (χ2v) is 4.01. The van der Waals surface area contributed by atoms with E-state index in [0.717, 1.165) is 25.9 Å². The van der Waals surface area contributed by atoms with Gasteiger partial charge in [0.05, 0.1) is 19.3 Å². The highest BCUT2D eigenvalue weighted by Gasteiger charge is 2.27. The van der Waals surface area contributed by atoms with Crippen molar-refractivity contribution >= 4 is 5.91 Å². The summed E-state index contributed by atoms with van der Waals surface area (Å²) in [6.45, 7) is 3.69. The molecule has 0 aromatic heterocycles. The van der Waals surface area contributed by atoms with Crippen LogP contribution in [0.4, 0.5) is 0 Å². The molecule has 0 saturated carbocycles. The van der Waals surface area contributed by atoms with Gasteiger partial charge in [-0.2, -0.15) is 0 Å². The summed E-state index contributed by atoms with van der Waals surface area (Å²) in [5.41, 5.74) is 0. The molecule has 0 aliphatic carbocycles. The normalized spacial score (nSPS) is 20.8. The number of nitrogens with one attached hydrogen (secondary N) is 1. The predicted molar refractivity (Wildman–Crippen MR) is 61.4 cm³/mol. The van der Waals surface area contributed by atoms with E-state index in [1.807, 2.05) is 7.05 Å². The van der Waals surface area contributed by atoms with Crippen LogP contribution in [0.2, 0.25) is 0 Å². The van der Waals surface area contributed by atoms with Gasteiger partial charge in [0.25, 0.3) is 0 Å². The molecule has 0 bridgehead atoms. The van der Waals surface area contributed by atoms with Gasteiger partial charge in [-0.3, -0.25) is 4.79 Å². The summed E-state index contributed by atoms with van der Waals surface area (Å²) >= 11 is 0. The van der Waals surface area contributed by atoms with E-state index < -0.39 is 0 Å². The van der Waals surface area contributed by atoms with E-state index in [2.05, 4.69) is 5.32 Å². The van der Waals surface area contributed by atoms with Gasteiger partial charge in [-0.1, -0.05) is 0 Å². The van der Waals surface area contributed by atoms with Crippen LogP contribution < -0.4 is 5.32 Å². The Balaban J connectivity index is 1.93. The molecule has 1 N–H and O–H groups in total. The lowest BCUT2D eigenvalue weighted by Crippen LogP contribution is -2.37. The lowest BCUT2D eigenvalue weighted by atomic mass is 10.2. The third-order valence-corrected chi connectivity index (χ3v) is 2.72. The molecular weight excluding hydrogens is 208 g/mol. The Morgan fingerprint density at radius 2 is 2.25 bits per heavy atom. The van der Waals surface area contributed by atoms with Crippen molar-refractivity contribution in [2.75, 3.05) is 47.1 Å². The van der Waals surface area contributed by atoms with E-state index >= 15 is 0 Å². The molecule has 94 valence electrons. The molecule has 5 nitrogen and oxygen atoms in total. The third-order valence-electron chi connectivity index (χ3n) is 2.72. The Bertz CT molecular complexity index is 211. The van der Waals surface area contributed by atoms with Crippen molar-refractivity contribution in [1.82, 2.24) is 10.2 Å². The largest absolute Gasteiger partial charge is 0.382 e. The Morgan fingerprint density at radius 1 is 1.44 bits per heavy atom. The minimum atomic E-state index is 0.0176. The highest BCUT2D eigenvalue weighted by atomic mass is 16.5. The van der Waals surface area contributed by atoms with Gasteiger partial charge in [0.2, 0.25) is 5.91 Å². The van der Waals surface area contributed by atoms with Gasteiger partial charge in [0, 0.05) is 27.3 Å². The average molecular weight is 230 g/mol. The monoisotopic (exact) mass is 230 g/mol. The first-order valence-corrected chi connectivity index (χ1v) is 5.80. The summed E-state index contributed by atoms with van der Waals surface area (Å²) in [5, 5.41) is 3.25. The van der Waals surface area contributed by atoms with Crippen LogP contribution in [0.5, 0.6) is 0 Å². The number of carbonyl (C=O) groups is 1. The number of nitrogens with zero attached hydrogens (tertiary/aromatic N) is 1. The van der Waals surface area contributed by atoms with Gasteiger partial charge < -0.3 is 19.7 Å². The number of likely N-dealkylation sites (N-methyl/N-ethyl adjacent to an activating group) is 1. The van der Waals surface area contributed by atoms with Gasteiger partial charge in [0.15, 0.2) is 0 Å². The minimum Gasteiger partial charge on any atom is -0.382 e. The van der Waals surface area contributed by atoms with Crippen LogP contribution in [0.3, 0.4) is 0 Å². The molecule has 1 rings (SSSR count). The number of hydrogen-bond acceptors (Lipinski definition) is 4. The van der Waals surface area contributed by atoms with E-state index in [1.165, 1.54) is 0 Å². The van der Waals surface area contributed by atoms with Gasteiger partial charge in [-0.15, -0.1) is 0 Å². The fourth-order valence-electron chi connectivity index (χ4n) is 1.71. The average Bonchev–Trinajstić information content (AvgIpc) is 2.59. The number of amides is 1. The lowest BCUT2D eigenvalue weighted by Gasteiger charge is -2.12. The molecule has 1 fully saturated rings. The molecule has 16 heavy (non-hydrogen) atoms. The van der Waals surface area contributed by atoms with Crippen LogP contribution in [-0.4, -0.2) is 63.9 Å². The molecule has 0 aromatic rings. The van der Waals surface area contributed by atoms with Crippen LogP contribution in [0.25, 0.3) is 0 Å². The first-order valence-electron chi connectivity index (χ1n) is 5.80. The van der Waals surface area contributed by atoms with Gasteiger partial charge in [-0.05, 0) is 19.4 Å². The molecule has 1 aliphatic heterocycles. The van der Waals surface area contributed by atoms with E-state index in [1.54, 1.807) is 12.0 Å². The number of carbonyl (C=O) groups excluding carboxylic acids is 1. The molecule has 1 heterocycles. The number of hydrogen-bond donors (Lipinski definition) is 1. The highest BCUT2D eigenvalue weighted by molar-refractivity contribution is 5.83. The number of rotatable bonds is 8. The summed E-state index contributed by atoms with van der Waals surface area (Å²) in [7, 11) is 3.50. The topological polar surface area (TPSA) is 50.8 Å². The van der Waals surface area contributed by atoms with E-state index in [-0.39, 0.29) is 11.9 Å². The van der Waals surface area contributed by atoms with Gasteiger partial charge >= 0.3 is 0 Å². The molecule has 1 aliphatic rings. The van der Waals surface area contributed by atoms with Crippen molar-refractivity contribution in [3.63, 3.8) is 0 Å². The molecule has 1 saturated heterocycles. The number of methoxy groups -OCH3 is 1. The van der Waals surface area contributed by atoms with E-state index in [4.69, 9.17) is 9.47 Å². The minimum absolute atomic E-state index is 0.0176. The summed E-state index contributed by atoms with van der Waals surface area (Å²) in [4.78, 5) is 13.3. The zero-order valence-corrected chi connectivity index (χ0v) is 10.2. The second kappa shape index (κ2) is 7.60. The maximum Gasteiger partial charge on any atom is 0.239 e. The summed E-state index contributed by atoms with van der Waals surface area (Å²) < 4.78 is 10.2. The zero-order valence-electron chi connectivity index (χ0n) is 10.2. The quantitative estimate of drug-likeness (QED) is 0.590. The van der Waals surface area contributed by atoms with Crippen LogP contribution in [0, 0.1) is 0 Å². The highest BCUT2D eigenvalue weighted by Crippen LogP contribution is 2.07. The number of ether oxygens (including phenoxy) is 2. The predicted octanol–water partition coefficient (Wildman–Crippen LogP) is -0.140. The zero-order chi connectivity index (χ0) is 11.8. The molecule has 0 spiro atoms. The maximum absolute atomic E-state index is 11.5. The SMILES string of the molecule is COCCOCCCNC1CCN(C)C1=O. The Morgan fingerprint density at radius 3 is 2.88 bits per heavy atom. The third kappa shape index (κ3) is 4.47. The van der Waals surface area contributed by atoms with E-state index in [9.17, 15) is 4.79 Å². The van der Waals surface area contributed by atoms with Crippen LogP contribution in [0.15, 0.2) is 0 Å². The first-order chi connectivity index (χ1) is 7.75. The first kappa shape index (κ1) is 13.4. The van der Waals surface area contributed by atoms with Crippen LogP contribution in [-0.2, 0) is 14.3 Å². The van der Waals surface area contributed by atoms with Crippen molar-refractivity contribution in [2.24, 2.45) is 0 Å². The van der Waals surface area contributed by atoms with E-state index in [0.29, 0.717) is 19.8 Å². The smallest absolute Gasteiger partial charge is 0.239 e. The Hall–Kier alpha value is -0.650. The lowest BCUT2D eigenvalue weighted by molar-refractivity contribution is -0.128. The molecule has 0 aromatic carbocycles. The molecular formula is C11H22N2O3. The van der Waals surface area contributed by atoms with Crippen LogP contribution >= 0.6 is 0 Å². The molecule has 5 heteroatoms. The Kier molecular flexibility index (Phi) is 6.37. The van der Waals surface area contributed by atoms with Crippen molar-refractivity contribution in [1.29, 1.82) is 0 Å². The summed E-state index contributed by atoms with van der Waals surface area (Å²) in [5.74, 6) is 0.209. The molecule has 1 amide bonds. The van der Waals surface area contributed by atoms with Crippen molar-refractivity contribution < 1.29 is 14.3 Å².